The topological polar surface area (TPSA) is 71.1 Å². The number of ether oxygens (including phenoxy) is 4. The van der Waals surface area contributed by atoms with Crippen LogP contribution in [-0.4, -0.2) is 46.1 Å². The number of sulfone groups is 1. The summed E-state index contributed by atoms with van der Waals surface area (Å²) in [4.78, 5) is 0. The predicted octanol–water partition coefficient (Wildman–Crippen LogP) is 1.11. The van der Waals surface area contributed by atoms with E-state index in [2.05, 4.69) is 0 Å². The van der Waals surface area contributed by atoms with Gasteiger partial charge in [0.15, 0.2) is 23.5 Å². The van der Waals surface area contributed by atoms with Crippen molar-refractivity contribution in [2.45, 2.75) is 51.1 Å². The van der Waals surface area contributed by atoms with Crippen LogP contribution < -0.4 is 0 Å². The summed E-state index contributed by atoms with van der Waals surface area (Å²) < 4.78 is 44.0. The maximum Gasteiger partial charge on any atom is 0.203 e. The first-order chi connectivity index (χ1) is 7.75. The Hall–Kier alpha value is -0.210. The average molecular weight is 270 g/mol. The van der Waals surface area contributed by atoms with Gasteiger partial charge in [-0.25, -0.2) is 8.42 Å². The summed E-state index contributed by atoms with van der Waals surface area (Å²) in [5.74, 6) is 0. The summed E-state index contributed by atoms with van der Waals surface area (Å²) >= 11 is 0. The van der Waals surface area contributed by atoms with Gasteiger partial charge in [-0.05, 0) is 27.7 Å². The third-order valence-electron chi connectivity index (χ3n) is 2.36. The van der Waals surface area contributed by atoms with Crippen LogP contribution in [-0.2, 0) is 28.8 Å². The normalized spacial score (nSPS) is 19.6. The van der Waals surface area contributed by atoms with Crippen molar-refractivity contribution < 1.29 is 27.4 Å². The molecule has 4 unspecified atom stereocenters. The fourth-order valence-corrected chi connectivity index (χ4v) is 2.24. The molecular weight excluding hydrogens is 248 g/mol. The molecule has 17 heavy (non-hydrogen) atoms. The van der Waals surface area contributed by atoms with Crippen LogP contribution in [0.2, 0.25) is 0 Å². The van der Waals surface area contributed by atoms with E-state index < -0.39 is 33.3 Å². The lowest BCUT2D eigenvalue weighted by molar-refractivity contribution is -0.128. The Morgan fingerprint density at radius 3 is 1.29 bits per heavy atom. The minimum absolute atomic E-state index is 0.591. The summed E-state index contributed by atoms with van der Waals surface area (Å²) in [5, 5.41) is 0. The van der Waals surface area contributed by atoms with E-state index in [9.17, 15) is 8.42 Å². The van der Waals surface area contributed by atoms with Gasteiger partial charge < -0.3 is 18.9 Å². The van der Waals surface area contributed by atoms with Gasteiger partial charge in [-0.2, -0.15) is 0 Å². The Morgan fingerprint density at radius 1 is 0.765 bits per heavy atom. The van der Waals surface area contributed by atoms with Crippen LogP contribution in [0.5, 0.6) is 0 Å². The van der Waals surface area contributed by atoms with Crippen LogP contribution in [0.25, 0.3) is 0 Å². The van der Waals surface area contributed by atoms with Gasteiger partial charge in [0, 0.05) is 14.2 Å². The Morgan fingerprint density at radius 2 is 1.06 bits per heavy atom. The summed E-state index contributed by atoms with van der Waals surface area (Å²) in [6.45, 7) is 6.13. The lowest BCUT2D eigenvalue weighted by Gasteiger charge is -2.23. The molecule has 0 spiro atoms. The molecule has 0 saturated heterocycles. The van der Waals surface area contributed by atoms with E-state index in [0.29, 0.717) is 0 Å². The number of rotatable bonds is 8. The van der Waals surface area contributed by atoms with Crippen LogP contribution >= 0.6 is 0 Å². The zero-order valence-corrected chi connectivity index (χ0v) is 12.0. The molecule has 0 aliphatic heterocycles. The highest BCUT2D eigenvalue weighted by Crippen LogP contribution is 2.15. The van der Waals surface area contributed by atoms with Crippen molar-refractivity contribution in [2.24, 2.45) is 0 Å². The van der Waals surface area contributed by atoms with E-state index in [1.54, 1.807) is 13.8 Å². The van der Waals surface area contributed by atoms with Crippen molar-refractivity contribution in [3.63, 3.8) is 0 Å². The Bertz CT molecular complexity index is 278. The molecule has 0 aromatic heterocycles. The molecule has 0 amide bonds. The molecule has 0 saturated carbocycles. The zero-order valence-electron chi connectivity index (χ0n) is 11.2. The van der Waals surface area contributed by atoms with Crippen LogP contribution in [0.3, 0.4) is 0 Å². The second-order valence-electron chi connectivity index (χ2n) is 3.60. The van der Waals surface area contributed by atoms with Crippen molar-refractivity contribution in [2.75, 3.05) is 14.2 Å². The van der Waals surface area contributed by atoms with E-state index in [1.165, 1.54) is 28.1 Å². The summed E-state index contributed by atoms with van der Waals surface area (Å²) in [6.07, 6.45) is -1.18. The molecule has 0 aromatic rings. The van der Waals surface area contributed by atoms with Gasteiger partial charge in [-0.15, -0.1) is 0 Å². The summed E-state index contributed by atoms with van der Waals surface area (Å²) in [5.41, 5.74) is -2.01. The summed E-state index contributed by atoms with van der Waals surface area (Å²) in [7, 11) is -0.671. The molecule has 0 heterocycles. The van der Waals surface area contributed by atoms with E-state index in [0.717, 1.165) is 0 Å². The first-order valence-corrected chi connectivity index (χ1v) is 6.95. The van der Waals surface area contributed by atoms with Crippen LogP contribution in [0.1, 0.15) is 27.7 Å². The molecule has 0 radical (unpaired) electrons. The van der Waals surface area contributed by atoms with Crippen molar-refractivity contribution in [3.8, 4) is 0 Å². The van der Waals surface area contributed by atoms with Crippen molar-refractivity contribution in [3.05, 3.63) is 0 Å². The highest BCUT2D eigenvalue weighted by molar-refractivity contribution is 7.92. The van der Waals surface area contributed by atoms with Gasteiger partial charge >= 0.3 is 0 Å². The van der Waals surface area contributed by atoms with Gasteiger partial charge in [-0.1, -0.05) is 0 Å². The minimum Gasteiger partial charge on any atom is -0.356 e. The number of hydrogen-bond acceptors (Lipinski definition) is 6. The molecule has 0 fully saturated rings. The molecule has 0 rings (SSSR count). The third-order valence-corrected chi connectivity index (χ3v) is 4.43. The quantitative estimate of drug-likeness (QED) is 0.615. The third kappa shape index (κ3) is 5.31. The van der Waals surface area contributed by atoms with Gasteiger partial charge in [-0.3, -0.25) is 0 Å². The molecule has 7 heteroatoms. The molecule has 0 bridgehead atoms. The van der Waals surface area contributed by atoms with E-state index in [4.69, 9.17) is 18.9 Å². The van der Waals surface area contributed by atoms with Gasteiger partial charge in [0.1, 0.15) is 0 Å². The second kappa shape index (κ2) is 7.27. The van der Waals surface area contributed by atoms with Crippen LogP contribution in [0.4, 0.5) is 0 Å². The zero-order chi connectivity index (χ0) is 13.6. The molecule has 6 nitrogen and oxygen atoms in total. The van der Waals surface area contributed by atoms with Crippen LogP contribution in [0, 0.1) is 0 Å². The largest absolute Gasteiger partial charge is 0.356 e. The second-order valence-corrected chi connectivity index (χ2v) is 6.11. The smallest absolute Gasteiger partial charge is 0.203 e. The van der Waals surface area contributed by atoms with Gasteiger partial charge in [0.05, 0.1) is 0 Å². The van der Waals surface area contributed by atoms with Crippen molar-refractivity contribution in [1.29, 1.82) is 0 Å². The molecule has 0 N–H and O–H groups in total. The van der Waals surface area contributed by atoms with Crippen molar-refractivity contribution in [1.82, 2.24) is 0 Å². The lowest BCUT2D eigenvalue weighted by Crippen LogP contribution is -2.36. The first kappa shape index (κ1) is 16.8. The van der Waals surface area contributed by atoms with E-state index in [-0.39, 0.29) is 0 Å². The van der Waals surface area contributed by atoms with Gasteiger partial charge in [0.2, 0.25) is 9.84 Å². The highest BCUT2D eigenvalue weighted by Gasteiger charge is 2.31. The SMILES string of the molecule is COC(C)OC(C)S(=O)(=O)C(C)OC(C)OC. The predicted molar refractivity (Wildman–Crippen MR) is 63.0 cm³/mol. The summed E-state index contributed by atoms with van der Waals surface area (Å²) in [6, 6.07) is 0. The van der Waals surface area contributed by atoms with Crippen LogP contribution in [0.15, 0.2) is 0 Å². The fourth-order valence-electron chi connectivity index (χ4n) is 1.08. The van der Waals surface area contributed by atoms with E-state index >= 15 is 0 Å². The highest BCUT2D eigenvalue weighted by atomic mass is 32.2. The maximum atomic E-state index is 12.0. The number of methoxy groups -OCH3 is 2. The first-order valence-electron chi connectivity index (χ1n) is 5.34. The van der Waals surface area contributed by atoms with E-state index in [1.807, 2.05) is 0 Å². The molecule has 0 aliphatic carbocycles. The molecule has 4 atom stereocenters. The Balaban J connectivity index is 4.54. The molecule has 104 valence electrons. The molecular formula is C10H22O6S. The minimum atomic E-state index is -3.55. The standard InChI is InChI=1S/C10H22O6S/c1-7(13-5)15-9(3)17(11,12)10(4)16-8(2)14-6/h7-10H,1-6H3. The maximum absolute atomic E-state index is 12.0. The van der Waals surface area contributed by atoms with Gasteiger partial charge in [0.25, 0.3) is 0 Å². The van der Waals surface area contributed by atoms with Crippen molar-refractivity contribution >= 4 is 9.84 Å². The lowest BCUT2D eigenvalue weighted by atomic mass is 10.7. The average Bonchev–Trinajstić information content (AvgIpc) is 2.28. The fraction of sp³-hybridized carbons (Fsp3) is 1.00. The molecule has 0 aliphatic rings. The molecule has 0 aromatic carbocycles. The number of hydrogen-bond donors (Lipinski definition) is 0. The Labute approximate surface area is 103 Å². The Kier molecular flexibility index (Phi) is 7.18. The monoisotopic (exact) mass is 270 g/mol.